The fraction of sp³-hybridized carbons (Fsp3) is 0.123. The molecule has 23 aromatic rings. The number of pyridine rings is 2. The molecular formula is C114H82N2O2S2. The first-order chi connectivity index (χ1) is 58.6. The summed E-state index contributed by atoms with van der Waals surface area (Å²) in [6, 6.07) is 109. The largest absolute Gasteiger partial charge is 0.497 e. The highest BCUT2D eigenvalue weighted by Gasteiger charge is 2.33. The molecule has 1 aliphatic heterocycles. The summed E-state index contributed by atoms with van der Waals surface area (Å²) in [4.78, 5) is 12.9. The fourth-order valence-corrected chi connectivity index (χ4v) is 23.4. The van der Waals surface area contributed by atoms with Crippen molar-refractivity contribution in [3.63, 3.8) is 0 Å². The first kappa shape index (κ1) is 70.9. The molecule has 0 bridgehead atoms. The molecule has 0 fully saturated rings. The summed E-state index contributed by atoms with van der Waals surface area (Å²) in [5.74, 6) is 1.68. The Morgan fingerprint density at radius 3 is 1.29 bits per heavy atom. The maximum atomic E-state index is 5.79. The minimum absolute atomic E-state index is 0.335. The van der Waals surface area contributed by atoms with E-state index < -0.39 is 0 Å². The molecular weight excluding hydrogens is 1490 g/mol. The molecule has 572 valence electrons. The van der Waals surface area contributed by atoms with Crippen LogP contribution in [0.3, 0.4) is 0 Å². The zero-order valence-corrected chi connectivity index (χ0v) is 69.8. The van der Waals surface area contributed by atoms with Gasteiger partial charge in [0.2, 0.25) is 0 Å². The summed E-state index contributed by atoms with van der Waals surface area (Å²) in [6.07, 6.45) is 9.06. The first-order valence-electron chi connectivity index (χ1n) is 42.0. The Hall–Kier alpha value is -13.2. The molecule has 0 saturated heterocycles. The summed E-state index contributed by atoms with van der Waals surface area (Å²) in [6.45, 7) is 14.6. The number of thioether (sulfide) groups is 1. The quantitative estimate of drug-likeness (QED) is 0.0802. The van der Waals surface area contributed by atoms with Crippen LogP contribution >= 0.6 is 23.1 Å². The van der Waals surface area contributed by atoms with Gasteiger partial charge in [0.1, 0.15) is 11.5 Å². The highest BCUT2D eigenvalue weighted by molar-refractivity contribution is 8.09. The molecule has 0 aliphatic carbocycles. The minimum Gasteiger partial charge on any atom is -0.497 e. The Kier molecular flexibility index (Phi) is 15.7. The maximum absolute atomic E-state index is 5.79. The van der Waals surface area contributed by atoms with E-state index in [0.29, 0.717) is 5.25 Å². The Morgan fingerprint density at radius 2 is 0.758 bits per heavy atom. The highest BCUT2D eigenvalue weighted by atomic mass is 32.2. The Bertz CT molecular complexity index is 8250. The Morgan fingerprint density at radius 1 is 0.333 bits per heavy atom. The van der Waals surface area contributed by atoms with E-state index >= 15 is 0 Å². The van der Waals surface area contributed by atoms with Gasteiger partial charge in [-0.25, -0.2) is 0 Å². The topological polar surface area (TPSA) is 44.2 Å². The van der Waals surface area contributed by atoms with Crippen LogP contribution in [0.25, 0.3) is 222 Å². The lowest BCUT2D eigenvalue weighted by molar-refractivity contribution is 0.415. The fourth-order valence-electron chi connectivity index (χ4n) is 21.5. The molecule has 0 radical (unpaired) electrons. The van der Waals surface area contributed by atoms with Crippen molar-refractivity contribution in [2.75, 3.05) is 14.2 Å². The number of hydrogen-bond acceptors (Lipinski definition) is 6. The second kappa shape index (κ2) is 26.6. The molecule has 4 nitrogen and oxygen atoms in total. The number of allylic oxidation sites excluding steroid dienone is 1. The van der Waals surface area contributed by atoms with Crippen LogP contribution in [0.4, 0.5) is 0 Å². The van der Waals surface area contributed by atoms with E-state index in [0.717, 1.165) is 64.4 Å². The number of rotatable bonds is 14. The molecule has 3 aromatic heterocycles. The number of ether oxygens (including phenoxy) is 2. The van der Waals surface area contributed by atoms with Crippen molar-refractivity contribution in [2.24, 2.45) is 0 Å². The monoisotopic (exact) mass is 1570 g/mol. The van der Waals surface area contributed by atoms with Crippen LogP contribution in [-0.4, -0.2) is 29.4 Å². The third-order valence-corrected chi connectivity index (χ3v) is 29.1. The molecule has 4 heterocycles. The van der Waals surface area contributed by atoms with Gasteiger partial charge in [-0.15, -0.1) is 23.1 Å². The zero-order valence-electron chi connectivity index (χ0n) is 68.2. The van der Waals surface area contributed by atoms with E-state index in [4.69, 9.17) is 19.4 Å². The second-order valence-electron chi connectivity index (χ2n) is 35.2. The van der Waals surface area contributed by atoms with Gasteiger partial charge in [0.25, 0.3) is 0 Å². The van der Waals surface area contributed by atoms with Crippen molar-refractivity contribution in [1.29, 1.82) is 0 Å². The van der Waals surface area contributed by atoms with E-state index in [1.807, 2.05) is 47.6 Å². The number of hydrogen-bond donors (Lipinski definition) is 0. The minimum atomic E-state index is -0.343. The lowest BCUT2D eigenvalue weighted by atomic mass is 9.74. The smallest absolute Gasteiger partial charge is 0.118 e. The van der Waals surface area contributed by atoms with Gasteiger partial charge in [-0.1, -0.05) is 217 Å². The van der Waals surface area contributed by atoms with Crippen LogP contribution in [0.5, 0.6) is 11.5 Å². The second-order valence-corrected chi connectivity index (χ2v) is 37.6. The zero-order chi connectivity index (χ0) is 80.3. The lowest BCUT2D eigenvalue weighted by Gasteiger charge is -2.29. The molecule has 1 unspecified atom stereocenters. The number of nitrogens with zero attached hydrogens (tertiary/aromatic N) is 2. The molecule has 6 heteroatoms. The predicted octanol–water partition coefficient (Wildman–Crippen LogP) is 31.7. The summed E-state index contributed by atoms with van der Waals surface area (Å²) in [5, 5.41) is 40.8. The Balaban J connectivity index is 0.689. The van der Waals surface area contributed by atoms with E-state index in [2.05, 4.69) is 326 Å². The van der Waals surface area contributed by atoms with Gasteiger partial charge in [0, 0.05) is 49.5 Å². The molecule has 24 rings (SSSR count). The normalized spacial score (nSPS) is 13.8. The number of aromatic nitrogens is 2. The van der Waals surface area contributed by atoms with Gasteiger partial charge in [-0.2, -0.15) is 0 Å². The molecule has 1 atom stereocenters. The van der Waals surface area contributed by atoms with E-state index in [9.17, 15) is 0 Å². The van der Waals surface area contributed by atoms with Crippen LogP contribution in [-0.2, 0) is 23.7 Å². The van der Waals surface area contributed by atoms with E-state index in [1.165, 1.54) is 221 Å². The third kappa shape index (κ3) is 10.8. The van der Waals surface area contributed by atoms with Gasteiger partial charge in [0.15, 0.2) is 0 Å². The summed E-state index contributed by atoms with van der Waals surface area (Å²) < 4.78 is 11.6. The first-order valence-corrected chi connectivity index (χ1v) is 43.8. The van der Waals surface area contributed by atoms with Crippen LogP contribution in [0, 0.1) is 6.92 Å². The van der Waals surface area contributed by atoms with Gasteiger partial charge in [0.05, 0.1) is 25.6 Å². The number of fused-ring (bicyclic) bond motifs is 12. The summed E-state index contributed by atoms with van der Waals surface area (Å²) >= 11 is 3.89. The third-order valence-electron chi connectivity index (χ3n) is 27.0. The molecule has 0 spiro atoms. The molecule has 120 heavy (non-hydrogen) atoms. The van der Waals surface area contributed by atoms with Crippen LogP contribution in [0.1, 0.15) is 74.4 Å². The molecule has 20 aromatic carbocycles. The van der Waals surface area contributed by atoms with Gasteiger partial charge in [-0.05, 0) is 363 Å². The van der Waals surface area contributed by atoms with Crippen molar-refractivity contribution in [1.82, 2.24) is 9.97 Å². The van der Waals surface area contributed by atoms with Gasteiger partial charge < -0.3 is 9.47 Å². The molecule has 0 amide bonds. The van der Waals surface area contributed by atoms with Gasteiger partial charge >= 0.3 is 0 Å². The maximum Gasteiger partial charge on any atom is 0.118 e. The number of thiophene rings is 1. The SMILES string of the molecule is COc1ccc(-c2cc3cc(C)cc4cc(-c5ccc(OC)cc5)c5c6c(cc(CC(C)(C)c7cc8cc(-c9cccs9)c9cc%10cc(CC(C)(C)c%11cc%12cc(-c%13ccccn%13)c%13cc%14ccc%15ccccc%15c%14c%14c(-c%15ccccn%15)cc(c%11)c%12c%13%14)c%11ccccc%11c%10c%10c(C%11=CCC(C)S%11)cc(c7)c8c9%10)c7ccccc76)cc2c5c34)cc1. The predicted molar refractivity (Wildman–Crippen MR) is 517 cm³/mol. The average Bonchev–Trinajstić information content (AvgIpc) is 0.855. The van der Waals surface area contributed by atoms with Gasteiger partial charge in [-0.3, -0.25) is 9.97 Å². The highest BCUT2D eigenvalue weighted by Crippen LogP contribution is 2.57. The van der Waals surface area contributed by atoms with Crippen molar-refractivity contribution >= 4 is 190 Å². The van der Waals surface area contributed by atoms with Crippen molar-refractivity contribution in [3.05, 3.63) is 342 Å². The molecule has 1 aliphatic rings. The molecule has 0 N–H and O–H groups in total. The number of aryl methyl sites for hydroxylation is 1. The van der Waals surface area contributed by atoms with Crippen molar-refractivity contribution in [3.8, 4) is 66.7 Å². The average molecular weight is 1580 g/mol. The van der Waals surface area contributed by atoms with E-state index in [-0.39, 0.29) is 10.8 Å². The van der Waals surface area contributed by atoms with Crippen molar-refractivity contribution < 1.29 is 9.47 Å². The Labute approximate surface area is 704 Å². The standard InChI is InChI=1S/C114H82N2O2S2/c1-63-44-69-53-88(66-32-36-81(117-7)37-33-66)92-57-71-46-77(83-21-11-13-24-86(83)105(71)107-89(54-70(45-63)101(69)108(92)107)67-34-38-82(118-8)39-35-67)61-114(5,6)80-49-74-56-91(99-28-19-43-119-99)94-58-72-47-78(84-22-12-14-25-87(84)106(72)112-96(100-40-29-64(2)120-100)60-76(51-80)103(74)110(94)112)62-113(3,4)79-48-73-55-90(97-26-15-17-41-115-97)93-52-68-31-30-65-20-9-10-23-85(65)104(68)111-95(98-27-16-18-42-116-98)59-75(50-79)102(73)109(93)111/h9-28,30-60,64H,29,61-62H2,1-8H3. The number of methoxy groups -OCH3 is 2. The van der Waals surface area contributed by atoms with Crippen LogP contribution in [0.2, 0.25) is 0 Å². The summed E-state index contributed by atoms with van der Waals surface area (Å²) in [7, 11) is 3.50. The van der Waals surface area contributed by atoms with Crippen LogP contribution < -0.4 is 9.47 Å². The van der Waals surface area contributed by atoms with Crippen molar-refractivity contribution in [2.45, 2.75) is 76.9 Å². The lowest BCUT2D eigenvalue weighted by Crippen LogP contribution is -2.21. The number of benzene rings is 20. The summed E-state index contributed by atoms with van der Waals surface area (Å²) in [5.41, 5.74) is 17.4. The molecule has 0 saturated carbocycles. The van der Waals surface area contributed by atoms with E-state index in [1.54, 1.807) is 14.2 Å². The van der Waals surface area contributed by atoms with Crippen LogP contribution in [0.15, 0.2) is 309 Å².